The second-order valence-corrected chi connectivity index (χ2v) is 5.31. The van der Waals surface area contributed by atoms with Crippen LogP contribution in [-0.4, -0.2) is 26.5 Å². The zero-order valence-corrected chi connectivity index (χ0v) is 13.1. The Labute approximate surface area is 127 Å². The molecular formula is C16H16BrNO2. The molecule has 0 fully saturated rings. The molecule has 2 aromatic rings. The molecule has 0 aromatic heterocycles. The van der Waals surface area contributed by atoms with Crippen LogP contribution in [0.15, 0.2) is 53.0 Å². The Balaban J connectivity index is 2.09. The summed E-state index contributed by atoms with van der Waals surface area (Å²) in [6.07, 6.45) is 0. The molecule has 0 amide bonds. The molecule has 3 nitrogen and oxygen atoms in total. The van der Waals surface area contributed by atoms with Crippen LogP contribution in [0, 0.1) is 0 Å². The van der Waals surface area contributed by atoms with Gasteiger partial charge in [-0.05, 0) is 30.3 Å². The van der Waals surface area contributed by atoms with E-state index >= 15 is 0 Å². The Hall–Kier alpha value is -1.81. The molecule has 0 heterocycles. The van der Waals surface area contributed by atoms with Crippen molar-refractivity contribution in [3.8, 4) is 5.75 Å². The van der Waals surface area contributed by atoms with E-state index in [4.69, 9.17) is 4.74 Å². The number of ether oxygens (including phenoxy) is 1. The number of rotatable bonds is 5. The van der Waals surface area contributed by atoms with Crippen LogP contribution in [0.2, 0.25) is 0 Å². The number of carbonyl (C=O) groups is 1. The van der Waals surface area contributed by atoms with E-state index in [2.05, 4.69) is 15.9 Å². The maximum atomic E-state index is 12.3. The van der Waals surface area contributed by atoms with Gasteiger partial charge in [0.1, 0.15) is 5.75 Å². The molecule has 0 spiro atoms. The Morgan fingerprint density at radius 3 is 2.40 bits per heavy atom. The number of Topliss-reactive ketones (excluding diaryl/α,β-unsaturated/α-hetero) is 1. The monoisotopic (exact) mass is 333 g/mol. The fraction of sp³-hybridized carbons (Fsp3) is 0.188. The van der Waals surface area contributed by atoms with Crippen LogP contribution < -0.4 is 9.64 Å². The van der Waals surface area contributed by atoms with Gasteiger partial charge in [0.2, 0.25) is 0 Å². The van der Waals surface area contributed by atoms with E-state index < -0.39 is 0 Å². The Morgan fingerprint density at radius 1 is 1.15 bits per heavy atom. The summed E-state index contributed by atoms with van der Waals surface area (Å²) in [4.78, 5) is 14.2. The number of nitrogens with zero attached hydrogens (tertiary/aromatic N) is 1. The van der Waals surface area contributed by atoms with E-state index in [0.717, 1.165) is 15.9 Å². The number of methoxy groups -OCH3 is 1. The molecule has 0 unspecified atom stereocenters. The summed E-state index contributed by atoms with van der Waals surface area (Å²) in [6, 6.07) is 15.1. The van der Waals surface area contributed by atoms with Crippen molar-refractivity contribution in [1.82, 2.24) is 0 Å². The fourth-order valence-corrected chi connectivity index (χ4v) is 2.42. The Bertz CT molecular complexity index is 596. The molecule has 20 heavy (non-hydrogen) atoms. The van der Waals surface area contributed by atoms with Crippen molar-refractivity contribution in [3.63, 3.8) is 0 Å². The van der Waals surface area contributed by atoms with Crippen molar-refractivity contribution in [3.05, 3.63) is 58.6 Å². The van der Waals surface area contributed by atoms with E-state index in [0.29, 0.717) is 12.1 Å². The molecule has 0 aliphatic rings. The highest BCUT2D eigenvalue weighted by Crippen LogP contribution is 2.20. The van der Waals surface area contributed by atoms with Crippen molar-refractivity contribution in [2.24, 2.45) is 0 Å². The van der Waals surface area contributed by atoms with Crippen molar-refractivity contribution >= 4 is 27.4 Å². The van der Waals surface area contributed by atoms with Crippen LogP contribution in [0.3, 0.4) is 0 Å². The number of ketones is 1. The van der Waals surface area contributed by atoms with E-state index in [-0.39, 0.29) is 5.78 Å². The zero-order valence-electron chi connectivity index (χ0n) is 11.5. The minimum absolute atomic E-state index is 0.0794. The molecule has 0 aliphatic carbocycles. The minimum Gasteiger partial charge on any atom is -0.497 e. The van der Waals surface area contributed by atoms with Crippen molar-refractivity contribution in [2.75, 3.05) is 25.6 Å². The summed E-state index contributed by atoms with van der Waals surface area (Å²) in [7, 11) is 3.53. The molecule has 0 bridgehead atoms. The summed E-state index contributed by atoms with van der Waals surface area (Å²) < 4.78 is 5.95. The predicted octanol–water partition coefficient (Wildman–Crippen LogP) is 3.78. The molecule has 4 heteroatoms. The van der Waals surface area contributed by atoms with Crippen LogP contribution in [0.5, 0.6) is 5.75 Å². The quantitative estimate of drug-likeness (QED) is 0.780. The second-order valence-electron chi connectivity index (χ2n) is 4.46. The fourth-order valence-electron chi connectivity index (χ4n) is 1.92. The van der Waals surface area contributed by atoms with Gasteiger partial charge in [-0.1, -0.05) is 34.1 Å². The second kappa shape index (κ2) is 6.57. The lowest BCUT2D eigenvalue weighted by molar-refractivity contribution is 0.0999. The van der Waals surface area contributed by atoms with Gasteiger partial charge >= 0.3 is 0 Å². The van der Waals surface area contributed by atoms with Crippen molar-refractivity contribution < 1.29 is 9.53 Å². The molecule has 2 rings (SSSR count). The predicted molar refractivity (Wildman–Crippen MR) is 84.7 cm³/mol. The average Bonchev–Trinajstić information content (AvgIpc) is 2.47. The summed E-state index contributed by atoms with van der Waals surface area (Å²) in [5, 5.41) is 0. The maximum absolute atomic E-state index is 12.3. The number of hydrogen-bond donors (Lipinski definition) is 0. The standard InChI is InChI=1S/C16H16BrNO2/c1-18(12-7-9-13(20-2)10-8-12)11-16(19)14-5-3-4-6-15(14)17/h3-10H,11H2,1-2H3. The Kier molecular flexibility index (Phi) is 4.79. The number of likely N-dealkylation sites (N-methyl/N-ethyl adjacent to an activating group) is 1. The van der Waals surface area contributed by atoms with Crippen molar-refractivity contribution in [1.29, 1.82) is 0 Å². The number of benzene rings is 2. The molecular weight excluding hydrogens is 318 g/mol. The Morgan fingerprint density at radius 2 is 1.80 bits per heavy atom. The van der Waals surface area contributed by atoms with Gasteiger partial charge in [0.15, 0.2) is 5.78 Å². The van der Waals surface area contributed by atoms with E-state index in [1.165, 1.54) is 0 Å². The van der Waals surface area contributed by atoms with Gasteiger partial charge in [-0.15, -0.1) is 0 Å². The smallest absolute Gasteiger partial charge is 0.183 e. The first-order valence-electron chi connectivity index (χ1n) is 6.24. The van der Waals surface area contributed by atoms with Gasteiger partial charge in [0, 0.05) is 22.8 Å². The lowest BCUT2D eigenvalue weighted by Crippen LogP contribution is -2.25. The van der Waals surface area contributed by atoms with E-state index in [9.17, 15) is 4.79 Å². The average molecular weight is 334 g/mol. The van der Waals surface area contributed by atoms with Gasteiger partial charge in [0.05, 0.1) is 13.7 Å². The van der Waals surface area contributed by atoms with Crippen LogP contribution in [0.1, 0.15) is 10.4 Å². The van der Waals surface area contributed by atoms with Crippen LogP contribution in [0.25, 0.3) is 0 Å². The van der Waals surface area contributed by atoms with Crippen molar-refractivity contribution in [2.45, 2.75) is 0 Å². The molecule has 0 saturated heterocycles. The van der Waals surface area contributed by atoms with Gasteiger partial charge in [-0.25, -0.2) is 0 Å². The molecule has 0 atom stereocenters. The molecule has 2 aromatic carbocycles. The number of halogens is 1. The van der Waals surface area contributed by atoms with Crippen LogP contribution in [0.4, 0.5) is 5.69 Å². The molecule has 0 N–H and O–H groups in total. The first-order chi connectivity index (χ1) is 9.61. The lowest BCUT2D eigenvalue weighted by atomic mass is 10.1. The van der Waals surface area contributed by atoms with Crippen LogP contribution >= 0.6 is 15.9 Å². The highest BCUT2D eigenvalue weighted by Gasteiger charge is 2.12. The largest absolute Gasteiger partial charge is 0.497 e. The first kappa shape index (κ1) is 14.6. The highest BCUT2D eigenvalue weighted by molar-refractivity contribution is 9.10. The van der Waals surface area contributed by atoms with Gasteiger partial charge in [0.25, 0.3) is 0 Å². The number of anilines is 1. The first-order valence-corrected chi connectivity index (χ1v) is 7.04. The normalized spacial score (nSPS) is 10.2. The highest BCUT2D eigenvalue weighted by atomic mass is 79.9. The van der Waals surface area contributed by atoms with E-state index in [1.54, 1.807) is 7.11 Å². The topological polar surface area (TPSA) is 29.5 Å². The molecule has 0 aliphatic heterocycles. The number of carbonyl (C=O) groups excluding carboxylic acids is 1. The molecule has 104 valence electrons. The summed E-state index contributed by atoms with van der Waals surface area (Å²) in [5.74, 6) is 0.884. The van der Waals surface area contributed by atoms with Gasteiger partial charge in [-0.2, -0.15) is 0 Å². The third-order valence-electron chi connectivity index (χ3n) is 3.07. The zero-order chi connectivity index (χ0) is 14.5. The summed E-state index contributed by atoms with van der Waals surface area (Å²) in [5.41, 5.74) is 1.68. The lowest BCUT2D eigenvalue weighted by Gasteiger charge is -2.19. The van der Waals surface area contributed by atoms with Crippen LogP contribution in [-0.2, 0) is 0 Å². The maximum Gasteiger partial charge on any atom is 0.183 e. The number of hydrogen-bond acceptors (Lipinski definition) is 3. The minimum atomic E-state index is 0.0794. The third kappa shape index (κ3) is 3.39. The van der Waals surface area contributed by atoms with E-state index in [1.807, 2.05) is 60.5 Å². The summed E-state index contributed by atoms with van der Waals surface area (Å²) in [6.45, 7) is 0.328. The van der Waals surface area contributed by atoms with Gasteiger partial charge in [-0.3, -0.25) is 4.79 Å². The molecule has 0 radical (unpaired) electrons. The SMILES string of the molecule is COc1ccc(N(C)CC(=O)c2ccccc2Br)cc1. The summed E-state index contributed by atoms with van der Waals surface area (Å²) >= 11 is 3.41. The van der Waals surface area contributed by atoms with Gasteiger partial charge < -0.3 is 9.64 Å². The third-order valence-corrected chi connectivity index (χ3v) is 3.76. The molecule has 0 saturated carbocycles.